The highest BCUT2D eigenvalue weighted by molar-refractivity contribution is 6.43. The van der Waals surface area contributed by atoms with E-state index in [4.69, 9.17) is 4.74 Å². The lowest BCUT2D eigenvalue weighted by molar-refractivity contribution is -0.127. The number of pyridine rings is 1. The predicted molar refractivity (Wildman–Crippen MR) is 101 cm³/mol. The lowest BCUT2D eigenvalue weighted by atomic mass is 10.0. The molecule has 0 aliphatic carbocycles. The van der Waals surface area contributed by atoms with Gasteiger partial charge >= 0.3 is 0 Å². The molecule has 6 nitrogen and oxygen atoms in total. The summed E-state index contributed by atoms with van der Waals surface area (Å²) in [6.45, 7) is 0.845. The molecule has 1 aliphatic rings. The summed E-state index contributed by atoms with van der Waals surface area (Å²) in [6, 6.07) is 17.1. The number of hydrogen-bond donors (Lipinski definition) is 1. The number of Topliss-reactive ketones (excluding diaryl/α,β-unsaturated/α-hetero) is 1. The van der Waals surface area contributed by atoms with Gasteiger partial charge in [0.1, 0.15) is 5.69 Å². The third kappa shape index (κ3) is 3.37. The molecule has 0 radical (unpaired) electrons. The van der Waals surface area contributed by atoms with Crippen molar-refractivity contribution in [2.24, 2.45) is 0 Å². The third-order valence-corrected chi connectivity index (χ3v) is 4.71. The number of hydrogen-bond acceptors (Lipinski definition) is 4. The maximum Gasteiger partial charge on any atom is 0.296 e. The summed E-state index contributed by atoms with van der Waals surface area (Å²) in [5, 5.41) is 9.89. The molecule has 2 aromatic heterocycles. The van der Waals surface area contributed by atoms with E-state index in [0.717, 1.165) is 11.1 Å². The molecule has 1 fully saturated rings. The van der Waals surface area contributed by atoms with Gasteiger partial charge in [-0.2, -0.15) is 0 Å². The van der Waals surface area contributed by atoms with Crippen molar-refractivity contribution in [2.45, 2.75) is 6.10 Å². The number of benzene rings is 1. The van der Waals surface area contributed by atoms with E-state index in [0.29, 0.717) is 17.9 Å². The zero-order valence-electron chi connectivity index (χ0n) is 14.7. The minimum absolute atomic E-state index is 0.0918. The van der Waals surface area contributed by atoms with Gasteiger partial charge in [0.2, 0.25) is 0 Å². The van der Waals surface area contributed by atoms with Gasteiger partial charge in [-0.1, -0.05) is 36.4 Å². The Balaban J connectivity index is 1.78. The van der Waals surface area contributed by atoms with Crippen LogP contribution in [0.2, 0.25) is 0 Å². The van der Waals surface area contributed by atoms with Crippen molar-refractivity contribution in [3.05, 3.63) is 66.5 Å². The third-order valence-electron chi connectivity index (χ3n) is 4.71. The highest BCUT2D eigenvalue weighted by Gasteiger charge is 2.30. The maximum atomic E-state index is 13.2. The standard InChI is InChI=1S/C21H20N2O4/c24-17-13-22(10-11-27-14-17)21(26)20(25)19-18(15-6-2-1-3-7-15)12-16-8-4-5-9-23(16)19/h1-9,12,17,24H,10-11,13-14H2/t17-/m1/s1. The second kappa shape index (κ2) is 7.34. The van der Waals surface area contributed by atoms with Crippen molar-refractivity contribution in [3.8, 4) is 11.1 Å². The van der Waals surface area contributed by atoms with Crippen LogP contribution in [0.5, 0.6) is 0 Å². The molecule has 4 rings (SSSR count). The Labute approximate surface area is 156 Å². The molecule has 27 heavy (non-hydrogen) atoms. The van der Waals surface area contributed by atoms with Crippen LogP contribution >= 0.6 is 0 Å². The van der Waals surface area contributed by atoms with Crippen LogP contribution in [-0.4, -0.2) is 58.5 Å². The van der Waals surface area contributed by atoms with E-state index in [1.807, 2.05) is 54.6 Å². The number of aliphatic hydroxyl groups is 1. The molecule has 1 aromatic carbocycles. The zero-order chi connectivity index (χ0) is 18.8. The summed E-state index contributed by atoms with van der Waals surface area (Å²) in [6.07, 6.45) is 0.991. The summed E-state index contributed by atoms with van der Waals surface area (Å²) in [5.41, 5.74) is 2.76. The SMILES string of the molecule is O=C(C(=O)N1CCOC[C@H](O)C1)c1c(-c2ccccc2)cc2ccccn12. The number of fused-ring (bicyclic) bond motifs is 1. The van der Waals surface area contributed by atoms with E-state index < -0.39 is 17.8 Å². The largest absolute Gasteiger partial charge is 0.389 e. The lowest BCUT2D eigenvalue weighted by Crippen LogP contribution is -2.42. The van der Waals surface area contributed by atoms with Gasteiger partial charge in [-0.15, -0.1) is 0 Å². The Morgan fingerprint density at radius 3 is 2.67 bits per heavy atom. The average molecular weight is 364 g/mol. The number of amides is 1. The highest BCUT2D eigenvalue weighted by Crippen LogP contribution is 2.28. The van der Waals surface area contributed by atoms with E-state index in [1.165, 1.54) is 4.90 Å². The highest BCUT2D eigenvalue weighted by atomic mass is 16.5. The second-order valence-electron chi connectivity index (χ2n) is 6.58. The van der Waals surface area contributed by atoms with Gasteiger partial charge in [0.25, 0.3) is 11.7 Å². The number of rotatable bonds is 3. The van der Waals surface area contributed by atoms with Crippen molar-refractivity contribution in [1.29, 1.82) is 0 Å². The fraction of sp³-hybridized carbons (Fsp3) is 0.238. The van der Waals surface area contributed by atoms with Gasteiger partial charge in [0, 0.05) is 30.4 Å². The van der Waals surface area contributed by atoms with Crippen LogP contribution in [0.4, 0.5) is 0 Å². The number of aliphatic hydroxyl groups excluding tert-OH is 1. The van der Waals surface area contributed by atoms with Crippen molar-refractivity contribution >= 4 is 17.2 Å². The van der Waals surface area contributed by atoms with Crippen molar-refractivity contribution in [1.82, 2.24) is 9.30 Å². The molecule has 1 atom stereocenters. The van der Waals surface area contributed by atoms with Crippen molar-refractivity contribution < 1.29 is 19.4 Å². The zero-order valence-corrected chi connectivity index (χ0v) is 14.7. The number of nitrogens with zero attached hydrogens (tertiary/aromatic N) is 2. The lowest BCUT2D eigenvalue weighted by Gasteiger charge is -2.20. The smallest absolute Gasteiger partial charge is 0.296 e. The number of β-amino-alcohol motifs (C(OH)–C–C–N with tert-alkyl or cyclic N) is 1. The van der Waals surface area contributed by atoms with Gasteiger partial charge < -0.3 is 19.1 Å². The van der Waals surface area contributed by atoms with Gasteiger partial charge in [-0.25, -0.2) is 0 Å². The van der Waals surface area contributed by atoms with Crippen LogP contribution in [0.25, 0.3) is 16.6 Å². The summed E-state index contributed by atoms with van der Waals surface area (Å²) >= 11 is 0. The Morgan fingerprint density at radius 2 is 1.85 bits per heavy atom. The Bertz CT molecular complexity index is 980. The van der Waals surface area contributed by atoms with Gasteiger partial charge in [-0.05, 0) is 23.8 Å². The fourth-order valence-corrected chi connectivity index (χ4v) is 3.41. The summed E-state index contributed by atoms with van der Waals surface area (Å²) in [5.74, 6) is -1.21. The van der Waals surface area contributed by atoms with E-state index >= 15 is 0 Å². The molecule has 1 amide bonds. The van der Waals surface area contributed by atoms with Gasteiger partial charge in [0.15, 0.2) is 0 Å². The second-order valence-corrected chi connectivity index (χ2v) is 6.58. The first-order valence-electron chi connectivity index (χ1n) is 8.90. The summed E-state index contributed by atoms with van der Waals surface area (Å²) < 4.78 is 7.00. The summed E-state index contributed by atoms with van der Waals surface area (Å²) in [4.78, 5) is 27.5. The number of carbonyl (C=O) groups is 2. The van der Waals surface area contributed by atoms with E-state index in [2.05, 4.69) is 0 Å². The molecular formula is C21H20N2O4. The van der Waals surface area contributed by atoms with E-state index in [-0.39, 0.29) is 19.7 Å². The predicted octanol–water partition coefficient (Wildman–Crippen LogP) is 2.01. The molecule has 0 spiro atoms. The Hall–Kier alpha value is -2.96. The van der Waals surface area contributed by atoms with Crippen LogP contribution in [0.3, 0.4) is 0 Å². The monoisotopic (exact) mass is 364 g/mol. The molecule has 1 saturated heterocycles. The van der Waals surface area contributed by atoms with Crippen molar-refractivity contribution in [2.75, 3.05) is 26.3 Å². The van der Waals surface area contributed by atoms with E-state index in [1.54, 1.807) is 10.6 Å². The Kier molecular flexibility index (Phi) is 4.75. The number of ether oxygens (including phenoxy) is 1. The van der Waals surface area contributed by atoms with Crippen LogP contribution in [0.1, 0.15) is 10.5 Å². The molecule has 1 N–H and O–H groups in total. The van der Waals surface area contributed by atoms with Crippen LogP contribution in [-0.2, 0) is 9.53 Å². The molecular weight excluding hydrogens is 344 g/mol. The molecule has 0 unspecified atom stereocenters. The first-order chi connectivity index (χ1) is 13.1. The number of aromatic nitrogens is 1. The average Bonchev–Trinajstić information content (AvgIpc) is 2.95. The number of ketones is 1. The first-order valence-corrected chi connectivity index (χ1v) is 8.90. The fourth-order valence-electron chi connectivity index (χ4n) is 3.41. The molecule has 0 saturated carbocycles. The molecule has 138 valence electrons. The van der Waals surface area contributed by atoms with Crippen molar-refractivity contribution in [3.63, 3.8) is 0 Å². The maximum absolute atomic E-state index is 13.2. The summed E-state index contributed by atoms with van der Waals surface area (Å²) in [7, 11) is 0. The minimum Gasteiger partial charge on any atom is -0.389 e. The normalized spacial score (nSPS) is 17.7. The molecule has 1 aliphatic heterocycles. The van der Waals surface area contributed by atoms with Crippen LogP contribution in [0, 0.1) is 0 Å². The van der Waals surface area contributed by atoms with E-state index in [9.17, 15) is 14.7 Å². The van der Waals surface area contributed by atoms with Gasteiger partial charge in [0.05, 0.1) is 19.3 Å². The van der Waals surface area contributed by atoms with Gasteiger partial charge in [-0.3, -0.25) is 9.59 Å². The topological polar surface area (TPSA) is 71.2 Å². The molecule has 3 aromatic rings. The molecule has 3 heterocycles. The molecule has 6 heteroatoms. The number of carbonyl (C=O) groups excluding carboxylic acids is 2. The quantitative estimate of drug-likeness (QED) is 0.570. The van der Waals surface area contributed by atoms with Crippen LogP contribution in [0.15, 0.2) is 60.8 Å². The Morgan fingerprint density at radius 1 is 1.07 bits per heavy atom. The minimum atomic E-state index is -0.790. The first kappa shape index (κ1) is 17.5. The van der Waals surface area contributed by atoms with Crippen LogP contribution < -0.4 is 0 Å². The molecule has 0 bridgehead atoms.